The molecular weight excluding hydrogens is 221 g/mol. The molecule has 1 nitrogen and oxygen atoms in total. The van der Waals surface area contributed by atoms with Crippen LogP contribution in [-0.2, 0) is 6.42 Å². The summed E-state index contributed by atoms with van der Waals surface area (Å²) in [6.07, 6.45) is 3.35. The number of hydrogen-bond acceptors (Lipinski definition) is 2. The van der Waals surface area contributed by atoms with Crippen LogP contribution in [0.4, 0.5) is 4.39 Å². The molecule has 0 saturated carbocycles. The number of nitrogens with one attached hydrogen (secondary N) is 1. The molecule has 2 rings (SSSR count). The monoisotopic (exact) mass is 239 g/mol. The molecular formula is C13H18FNS. The van der Waals surface area contributed by atoms with Crippen molar-refractivity contribution in [1.82, 2.24) is 5.32 Å². The first-order valence-corrected chi connectivity index (χ1v) is 6.97. The van der Waals surface area contributed by atoms with Gasteiger partial charge in [0.05, 0.1) is 0 Å². The third-order valence-corrected chi connectivity index (χ3v) is 4.35. The molecule has 0 bridgehead atoms. The normalized spacial score (nSPS) is 17.6. The summed E-state index contributed by atoms with van der Waals surface area (Å²) in [7, 11) is 0. The highest BCUT2D eigenvalue weighted by Gasteiger charge is 2.13. The van der Waals surface area contributed by atoms with Gasteiger partial charge in [-0.05, 0) is 49.7 Å². The van der Waals surface area contributed by atoms with Crippen molar-refractivity contribution < 1.29 is 4.39 Å². The van der Waals surface area contributed by atoms with Crippen LogP contribution in [0, 0.1) is 5.82 Å². The summed E-state index contributed by atoms with van der Waals surface area (Å²) in [5.74, 6) is 0.972. The van der Waals surface area contributed by atoms with E-state index < -0.39 is 0 Å². The van der Waals surface area contributed by atoms with Crippen molar-refractivity contribution in [1.29, 1.82) is 0 Å². The quantitative estimate of drug-likeness (QED) is 0.867. The average Bonchev–Trinajstić information content (AvgIpc) is 2.33. The lowest BCUT2D eigenvalue weighted by atomic mass is 10.1. The zero-order chi connectivity index (χ0) is 11.2. The van der Waals surface area contributed by atoms with E-state index in [1.807, 2.05) is 23.9 Å². The maximum Gasteiger partial charge on any atom is 0.126 e. The maximum atomic E-state index is 13.3. The number of thioether (sulfide) groups is 1. The minimum absolute atomic E-state index is 0.0617. The SMILES string of the molecule is Fc1ccccc1CCSC1CCNCC1. The van der Waals surface area contributed by atoms with Gasteiger partial charge in [-0.25, -0.2) is 4.39 Å². The Morgan fingerprint density at radius 3 is 2.75 bits per heavy atom. The van der Waals surface area contributed by atoms with Gasteiger partial charge < -0.3 is 5.32 Å². The first kappa shape index (κ1) is 11.9. The predicted octanol–water partition coefficient (Wildman–Crippen LogP) is 2.85. The summed E-state index contributed by atoms with van der Waals surface area (Å²) in [5.41, 5.74) is 0.851. The van der Waals surface area contributed by atoms with E-state index in [0.29, 0.717) is 0 Å². The van der Waals surface area contributed by atoms with Crippen LogP contribution in [0.25, 0.3) is 0 Å². The fraction of sp³-hybridized carbons (Fsp3) is 0.538. The molecule has 1 N–H and O–H groups in total. The highest BCUT2D eigenvalue weighted by molar-refractivity contribution is 7.99. The van der Waals surface area contributed by atoms with Gasteiger partial charge in [-0.15, -0.1) is 0 Å². The molecule has 1 fully saturated rings. The second-order valence-corrected chi connectivity index (χ2v) is 5.57. The molecule has 0 aliphatic carbocycles. The summed E-state index contributed by atoms with van der Waals surface area (Å²) in [4.78, 5) is 0. The van der Waals surface area contributed by atoms with Crippen molar-refractivity contribution in [2.45, 2.75) is 24.5 Å². The Hall–Kier alpha value is -0.540. The lowest BCUT2D eigenvalue weighted by Crippen LogP contribution is -2.29. The number of piperidine rings is 1. The topological polar surface area (TPSA) is 12.0 Å². The van der Waals surface area contributed by atoms with E-state index in [0.717, 1.165) is 36.1 Å². The van der Waals surface area contributed by atoms with Gasteiger partial charge in [0, 0.05) is 5.25 Å². The molecule has 16 heavy (non-hydrogen) atoms. The molecule has 1 saturated heterocycles. The molecule has 88 valence electrons. The third kappa shape index (κ3) is 3.49. The standard InChI is InChI=1S/C13H18FNS/c14-13-4-2-1-3-11(13)7-10-16-12-5-8-15-9-6-12/h1-4,12,15H,5-10H2. The van der Waals surface area contributed by atoms with Gasteiger partial charge in [0.1, 0.15) is 5.82 Å². The summed E-state index contributed by atoms with van der Waals surface area (Å²) >= 11 is 1.99. The second kappa shape index (κ2) is 6.26. The van der Waals surface area contributed by atoms with E-state index in [1.165, 1.54) is 12.8 Å². The maximum absolute atomic E-state index is 13.3. The smallest absolute Gasteiger partial charge is 0.126 e. The highest BCUT2D eigenvalue weighted by Crippen LogP contribution is 2.21. The van der Waals surface area contributed by atoms with Gasteiger partial charge in [-0.1, -0.05) is 18.2 Å². The molecule has 0 unspecified atom stereocenters. The lowest BCUT2D eigenvalue weighted by molar-refractivity contribution is 0.531. The number of hydrogen-bond donors (Lipinski definition) is 1. The summed E-state index contributed by atoms with van der Waals surface area (Å²) in [5, 5.41) is 4.13. The fourth-order valence-electron chi connectivity index (χ4n) is 2.00. The van der Waals surface area contributed by atoms with Gasteiger partial charge in [-0.2, -0.15) is 11.8 Å². The molecule has 0 amide bonds. The highest BCUT2D eigenvalue weighted by atomic mass is 32.2. The van der Waals surface area contributed by atoms with E-state index in [-0.39, 0.29) is 5.82 Å². The molecule has 0 atom stereocenters. The Morgan fingerprint density at radius 2 is 2.00 bits per heavy atom. The van der Waals surface area contributed by atoms with Crippen LogP contribution in [0.3, 0.4) is 0 Å². The van der Waals surface area contributed by atoms with Gasteiger partial charge in [0.15, 0.2) is 0 Å². The molecule has 1 heterocycles. The summed E-state index contributed by atoms with van der Waals surface area (Å²) < 4.78 is 13.3. The molecule has 1 aliphatic rings. The van der Waals surface area contributed by atoms with Gasteiger partial charge >= 0.3 is 0 Å². The minimum atomic E-state index is -0.0617. The third-order valence-electron chi connectivity index (χ3n) is 2.97. The van der Waals surface area contributed by atoms with Gasteiger partial charge in [-0.3, -0.25) is 0 Å². The molecule has 0 radical (unpaired) electrons. The number of rotatable bonds is 4. The van der Waals surface area contributed by atoms with Crippen LogP contribution in [0.2, 0.25) is 0 Å². The average molecular weight is 239 g/mol. The van der Waals surface area contributed by atoms with Crippen molar-refractivity contribution in [3.63, 3.8) is 0 Å². The predicted molar refractivity (Wildman–Crippen MR) is 68.5 cm³/mol. The Kier molecular flexibility index (Phi) is 4.67. The van der Waals surface area contributed by atoms with Crippen molar-refractivity contribution >= 4 is 11.8 Å². The fourth-order valence-corrected chi connectivity index (χ4v) is 3.24. The molecule has 1 aromatic rings. The van der Waals surface area contributed by atoms with Crippen molar-refractivity contribution in [3.05, 3.63) is 35.6 Å². The number of aryl methyl sites for hydroxylation is 1. The Bertz CT molecular complexity index is 323. The molecule has 1 aromatic carbocycles. The van der Waals surface area contributed by atoms with Crippen LogP contribution >= 0.6 is 11.8 Å². The van der Waals surface area contributed by atoms with Crippen LogP contribution in [0.5, 0.6) is 0 Å². The van der Waals surface area contributed by atoms with Crippen molar-refractivity contribution in [2.24, 2.45) is 0 Å². The number of halogens is 1. The Balaban J connectivity index is 1.73. The zero-order valence-electron chi connectivity index (χ0n) is 9.42. The van der Waals surface area contributed by atoms with Crippen molar-refractivity contribution in [3.8, 4) is 0 Å². The molecule has 3 heteroatoms. The lowest BCUT2D eigenvalue weighted by Gasteiger charge is -2.21. The summed E-state index contributed by atoms with van der Waals surface area (Å²) in [6, 6.07) is 7.09. The zero-order valence-corrected chi connectivity index (χ0v) is 10.2. The van der Waals surface area contributed by atoms with Crippen LogP contribution in [0.1, 0.15) is 18.4 Å². The van der Waals surface area contributed by atoms with E-state index in [1.54, 1.807) is 12.1 Å². The van der Waals surface area contributed by atoms with E-state index in [9.17, 15) is 4.39 Å². The van der Waals surface area contributed by atoms with Gasteiger partial charge in [0.2, 0.25) is 0 Å². The second-order valence-electron chi connectivity index (χ2n) is 4.16. The van der Waals surface area contributed by atoms with Crippen molar-refractivity contribution in [2.75, 3.05) is 18.8 Å². The van der Waals surface area contributed by atoms with Crippen LogP contribution in [-0.4, -0.2) is 24.1 Å². The Labute approximate surface area is 101 Å². The minimum Gasteiger partial charge on any atom is -0.317 e. The van der Waals surface area contributed by atoms with Gasteiger partial charge in [0.25, 0.3) is 0 Å². The Morgan fingerprint density at radius 1 is 1.25 bits per heavy atom. The number of benzene rings is 1. The molecule has 0 aromatic heterocycles. The first-order chi connectivity index (χ1) is 7.86. The van der Waals surface area contributed by atoms with E-state index >= 15 is 0 Å². The van der Waals surface area contributed by atoms with E-state index in [2.05, 4.69) is 5.32 Å². The molecule has 0 spiro atoms. The largest absolute Gasteiger partial charge is 0.317 e. The first-order valence-electron chi connectivity index (χ1n) is 5.92. The van der Waals surface area contributed by atoms with E-state index in [4.69, 9.17) is 0 Å². The summed E-state index contributed by atoms with van der Waals surface area (Å²) in [6.45, 7) is 2.27. The van der Waals surface area contributed by atoms with Crippen LogP contribution < -0.4 is 5.32 Å². The van der Waals surface area contributed by atoms with Crippen LogP contribution in [0.15, 0.2) is 24.3 Å². The molecule has 1 aliphatic heterocycles.